The number of nitrogens with zero attached hydrogens (tertiary/aromatic N) is 1. The molecule has 0 bridgehead atoms. The van der Waals surface area contributed by atoms with E-state index in [1.54, 1.807) is 0 Å². The van der Waals surface area contributed by atoms with Gasteiger partial charge in [0.1, 0.15) is 0 Å². The van der Waals surface area contributed by atoms with Crippen molar-refractivity contribution in [2.24, 2.45) is 0 Å². The zero-order chi connectivity index (χ0) is 16.6. The molecule has 120 valence electrons. The number of hydrogen-bond donors (Lipinski definition) is 0. The number of likely N-dealkylation sites (tertiary alicyclic amines) is 1. The Kier molecular flexibility index (Phi) is 4.01. The molecule has 2 aromatic carbocycles. The molecule has 0 unspecified atom stereocenters. The normalized spacial score (nSPS) is 21.0. The van der Waals surface area contributed by atoms with Gasteiger partial charge in [0.15, 0.2) is 0 Å². The lowest BCUT2D eigenvalue weighted by Crippen LogP contribution is -2.35. The highest BCUT2D eigenvalue weighted by Gasteiger charge is 2.43. The van der Waals surface area contributed by atoms with E-state index in [-0.39, 0.29) is 11.3 Å². The highest BCUT2D eigenvalue weighted by molar-refractivity contribution is 5.90. The van der Waals surface area contributed by atoms with Crippen molar-refractivity contribution in [1.82, 2.24) is 4.90 Å². The van der Waals surface area contributed by atoms with Crippen molar-refractivity contribution in [3.63, 3.8) is 0 Å². The summed E-state index contributed by atoms with van der Waals surface area (Å²) in [7, 11) is 0. The van der Waals surface area contributed by atoms with Gasteiger partial charge < -0.3 is 4.90 Å². The number of hydrogen-bond acceptors (Lipinski definition) is 1. The van der Waals surface area contributed by atoms with E-state index in [2.05, 4.69) is 52.0 Å². The third kappa shape index (κ3) is 2.78. The number of benzene rings is 2. The van der Waals surface area contributed by atoms with E-state index >= 15 is 0 Å². The van der Waals surface area contributed by atoms with E-state index in [9.17, 15) is 4.79 Å². The first kappa shape index (κ1) is 15.8. The average Bonchev–Trinajstić information content (AvgIpc) is 2.81. The molecule has 2 heteroatoms. The zero-order valence-corrected chi connectivity index (χ0v) is 14.5. The van der Waals surface area contributed by atoms with Crippen molar-refractivity contribution in [3.05, 3.63) is 70.3 Å². The van der Waals surface area contributed by atoms with Crippen molar-refractivity contribution >= 4 is 5.91 Å². The van der Waals surface area contributed by atoms with Crippen molar-refractivity contribution in [1.29, 1.82) is 0 Å². The number of carbonyl (C=O) groups is 1. The van der Waals surface area contributed by atoms with Crippen LogP contribution in [-0.4, -0.2) is 17.4 Å². The Bertz CT molecular complexity index is 712. The number of carbonyl (C=O) groups excluding carboxylic acids is 1. The topological polar surface area (TPSA) is 20.3 Å². The molecule has 23 heavy (non-hydrogen) atoms. The summed E-state index contributed by atoms with van der Waals surface area (Å²) in [6.45, 7) is 10.0. The van der Waals surface area contributed by atoms with Crippen LogP contribution in [0.5, 0.6) is 0 Å². The summed E-state index contributed by atoms with van der Waals surface area (Å²) in [5.41, 5.74) is 5.89. The zero-order valence-electron chi connectivity index (χ0n) is 14.5. The van der Waals surface area contributed by atoms with Crippen LogP contribution in [0.25, 0.3) is 0 Å². The van der Waals surface area contributed by atoms with Crippen LogP contribution in [0.4, 0.5) is 0 Å². The van der Waals surface area contributed by atoms with Crippen LogP contribution in [0, 0.1) is 20.8 Å². The minimum absolute atomic E-state index is 0.253. The van der Waals surface area contributed by atoms with Gasteiger partial charge in [-0.05, 0) is 56.4 Å². The Hall–Kier alpha value is -2.09. The lowest BCUT2D eigenvalue weighted by molar-refractivity contribution is -0.132. The summed E-state index contributed by atoms with van der Waals surface area (Å²) in [6.07, 6.45) is 0.889. The second-order valence-corrected chi connectivity index (χ2v) is 7.05. The minimum Gasteiger partial charge on any atom is -0.338 e. The minimum atomic E-state index is -0.381. The maximum Gasteiger partial charge on any atom is 0.233 e. The van der Waals surface area contributed by atoms with Gasteiger partial charge in [-0.1, -0.05) is 48.0 Å². The first-order chi connectivity index (χ1) is 10.9. The Labute approximate surface area is 139 Å². The van der Waals surface area contributed by atoms with E-state index in [0.29, 0.717) is 0 Å². The lowest BCUT2D eigenvalue weighted by atomic mass is 9.81. The van der Waals surface area contributed by atoms with Crippen LogP contribution in [0.15, 0.2) is 42.5 Å². The average molecular weight is 307 g/mol. The Balaban J connectivity index is 1.86. The van der Waals surface area contributed by atoms with E-state index in [1.807, 2.05) is 23.1 Å². The monoisotopic (exact) mass is 307 g/mol. The number of rotatable bonds is 3. The van der Waals surface area contributed by atoms with Crippen LogP contribution >= 0.6 is 0 Å². The summed E-state index contributed by atoms with van der Waals surface area (Å²) >= 11 is 0. The predicted octanol–water partition coefficient (Wildman–Crippen LogP) is 4.30. The smallest absolute Gasteiger partial charge is 0.233 e. The molecule has 1 fully saturated rings. The summed E-state index contributed by atoms with van der Waals surface area (Å²) in [4.78, 5) is 15.1. The standard InChI is InChI=1S/C21H25NO/c1-15-12-16(2)19(17(3)13-15)14-22-11-10-21(4,20(22)23)18-8-6-5-7-9-18/h5-9,12-13H,10-11,14H2,1-4H3/t21-/m0/s1. The molecule has 0 saturated carbocycles. The summed E-state index contributed by atoms with van der Waals surface area (Å²) < 4.78 is 0. The largest absolute Gasteiger partial charge is 0.338 e. The van der Waals surface area contributed by atoms with Gasteiger partial charge in [-0.2, -0.15) is 0 Å². The molecular formula is C21H25NO. The van der Waals surface area contributed by atoms with Crippen LogP contribution < -0.4 is 0 Å². The first-order valence-corrected chi connectivity index (χ1v) is 8.33. The van der Waals surface area contributed by atoms with Crippen LogP contribution in [0.2, 0.25) is 0 Å². The molecule has 0 spiro atoms. The van der Waals surface area contributed by atoms with E-state index < -0.39 is 0 Å². The SMILES string of the molecule is Cc1cc(C)c(CN2CC[C@@](C)(c3ccccc3)C2=O)c(C)c1. The van der Waals surface area contributed by atoms with Gasteiger partial charge in [0.25, 0.3) is 0 Å². The highest BCUT2D eigenvalue weighted by Crippen LogP contribution is 2.36. The molecular weight excluding hydrogens is 282 g/mol. The Morgan fingerprint density at radius 2 is 1.65 bits per heavy atom. The molecule has 0 radical (unpaired) electrons. The van der Waals surface area contributed by atoms with Gasteiger partial charge in [0, 0.05) is 13.1 Å². The van der Waals surface area contributed by atoms with Gasteiger partial charge in [-0.3, -0.25) is 4.79 Å². The summed E-state index contributed by atoms with van der Waals surface area (Å²) in [5, 5.41) is 0. The highest BCUT2D eigenvalue weighted by atomic mass is 16.2. The van der Waals surface area contributed by atoms with Crippen LogP contribution in [0.1, 0.15) is 41.2 Å². The first-order valence-electron chi connectivity index (χ1n) is 8.33. The fraction of sp³-hybridized carbons (Fsp3) is 0.381. The molecule has 1 heterocycles. The van der Waals surface area contributed by atoms with Gasteiger partial charge in [0.05, 0.1) is 5.41 Å². The van der Waals surface area contributed by atoms with Crippen molar-refractivity contribution in [2.75, 3.05) is 6.54 Å². The Morgan fingerprint density at radius 1 is 1.04 bits per heavy atom. The van der Waals surface area contributed by atoms with Crippen LogP contribution in [-0.2, 0) is 16.8 Å². The second-order valence-electron chi connectivity index (χ2n) is 7.05. The molecule has 1 amide bonds. The fourth-order valence-corrected chi connectivity index (χ4v) is 3.79. The molecule has 1 saturated heterocycles. The molecule has 0 N–H and O–H groups in total. The molecule has 0 aromatic heterocycles. The van der Waals surface area contributed by atoms with Crippen molar-refractivity contribution in [2.45, 2.75) is 46.1 Å². The maximum absolute atomic E-state index is 13.0. The molecule has 1 aliphatic heterocycles. The van der Waals surface area contributed by atoms with Crippen molar-refractivity contribution in [3.8, 4) is 0 Å². The second kappa shape index (κ2) is 5.84. The molecule has 2 nitrogen and oxygen atoms in total. The van der Waals surface area contributed by atoms with Gasteiger partial charge in [-0.15, -0.1) is 0 Å². The van der Waals surface area contributed by atoms with Crippen LogP contribution in [0.3, 0.4) is 0 Å². The maximum atomic E-state index is 13.0. The van der Waals surface area contributed by atoms with E-state index in [1.165, 1.54) is 22.3 Å². The van der Waals surface area contributed by atoms with Gasteiger partial charge in [-0.25, -0.2) is 0 Å². The lowest BCUT2D eigenvalue weighted by Gasteiger charge is -2.25. The summed E-state index contributed by atoms with van der Waals surface area (Å²) in [5.74, 6) is 0.253. The molecule has 1 atom stereocenters. The Morgan fingerprint density at radius 3 is 2.26 bits per heavy atom. The third-order valence-electron chi connectivity index (χ3n) is 5.24. The van der Waals surface area contributed by atoms with Gasteiger partial charge in [0.2, 0.25) is 5.91 Å². The van der Waals surface area contributed by atoms with Crippen molar-refractivity contribution < 1.29 is 4.79 Å². The fourth-order valence-electron chi connectivity index (χ4n) is 3.79. The third-order valence-corrected chi connectivity index (χ3v) is 5.24. The van der Waals surface area contributed by atoms with Gasteiger partial charge >= 0.3 is 0 Å². The molecule has 0 aliphatic carbocycles. The molecule has 1 aliphatic rings. The number of aryl methyl sites for hydroxylation is 3. The molecule has 3 rings (SSSR count). The van der Waals surface area contributed by atoms with E-state index in [0.717, 1.165) is 25.1 Å². The summed E-state index contributed by atoms with van der Waals surface area (Å²) in [6, 6.07) is 14.6. The predicted molar refractivity (Wildman–Crippen MR) is 94.5 cm³/mol. The quantitative estimate of drug-likeness (QED) is 0.828. The molecule has 2 aromatic rings. The number of amides is 1. The van der Waals surface area contributed by atoms with E-state index in [4.69, 9.17) is 0 Å².